The van der Waals surface area contributed by atoms with Crippen LogP contribution in [0, 0.1) is 6.92 Å². The Hall–Kier alpha value is -1.03. The van der Waals surface area contributed by atoms with Crippen molar-refractivity contribution in [1.29, 1.82) is 0 Å². The first-order valence-corrected chi connectivity index (χ1v) is 5.54. The Balaban J connectivity index is 2.86. The standard InChI is InChI=1S/C11H14BrNO2/c1-3-15-11(14)6-8-5-10(13)7(2)4-9(8)12/h4-5H,3,6,13H2,1-2H3. The number of esters is 1. The summed E-state index contributed by atoms with van der Waals surface area (Å²) in [6.45, 7) is 4.11. The van der Waals surface area contributed by atoms with Gasteiger partial charge in [-0.2, -0.15) is 0 Å². The van der Waals surface area contributed by atoms with E-state index in [2.05, 4.69) is 15.9 Å². The molecular weight excluding hydrogens is 258 g/mol. The summed E-state index contributed by atoms with van der Waals surface area (Å²) in [4.78, 5) is 11.3. The summed E-state index contributed by atoms with van der Waals surface area (Å²) >= 11 is 3.40. The number of carbonyl (C=O) groups is 1. The maximum absolute atomic E-state index is 11.3. The molecule has 0 amide bonds. The van der Waals surface area contributed by atoms with E-state index in [4.69, 9.17) is 10.5 Å². The zero-order valence-corrected chi connectivity index (χ0v) is 10.4. The molecule has 0 aromatic heterocycles. The maximum atomic E-state index is 11.3. The summed E-state index contributed by atoms with van der Waals surface area (Å²) in [5, 5.41) is 0. The van der Waals surface area contributed by atoms with Crippen molar-refractivity contribution in [1.82, 2.24) is 0 Å². The molecule has 0 aliphatic carbocycles. The molecule has 0 saturated carbocycles. The molecule has 1 rings (SSSR count). The van der Waals surface area contributed by atoms with E-state index in [0.717, 1.165) is 15.6 Å². The number of carbonyl (C=O) groups excluding carboxylic acids is 1. The number of nitrogens with two attached hydrogens (primary N) is 1. The van der Waals surface area contributed by atoms with Crippen molar-refractivity contribution in [2.45, 2.75) is 20.3 Å². The predicted octanol–water partition coefficient (Wildman–Crippen LogP) is 2.45. The predicted molar refractivity (Wildman–Crippen MR) is 63.6 cm³/mol. The van der Waals surface area contributed by atoms with Crippen LogP contribution < -0.4 is 5.73 Å². The van der Waals surface area contributed by atoms with Crippen LogP contribution in [-0.2, 0) is 16.0 Å². The molecule has 4 heteroatoms. The van der Waals surface area contributed by atoms with Gasteiger partial charge >= 0.3 is 5.97 Å². The second-order valence-electron chi connectivity index (χ2n) is 3.28. The smallest absolute Gasteiger partial charge is 0.310 e. The number of halogens is 1. The highest BCUT2D eigenvalue weighted by Crippen LogP contribution is 2.23. The van der Waals surface area contributed by atoms with Crippen LogP contribution in [0.15, 0.2) is 16.6 Å². The van der Waals surface area contributed by atoms with Crippen molar-refractivity contribution in [2.24, 2.45) is 0 Å². The van der Waals surface area contributed by atoms with Gasteiger partial charge in [0.15, 0.2) is 0 Å². The summed E-state index contributed by atoms with van der Waals surface area (Å²) in [5.41, 5.74) is 8.31. The Labute approximate surface area is 97.7 Å². The molecule has 1 aromatic carbocycles. The van der Waals surface area contributed by atoms with Crippen molar-refractivity contribution in [3.8, 4) is 0 Å². The van der Waals surface area contributed by atoms with Gasteiger partial charge in [-0.05, 0) is 37.1 Å². The molecule has 3 nitrogen and oxygen atoms in total. The molecule has 0 bridgehead atoms. The average Bonchev–Trinajstić information content (AvgIpc) is 2.14. The quantitative estimate of drug-likeness (QED) is 0.679. The van der Waals surface area contributed by atoms with Gasteiger partial charge < -0.3 is 10.5 Å². The van der Waals surface area contributed by atoms with Crippen LogP contribution in [0.2, 0.25) is 0 Å². The fourth-order valence-electron chi connectivity index (χ4n) is 1.24. The monoisotopic (exact) mass is 271 g/mol. The van der Waals surface area contributed by atoms with Crippen molar-refractivity contribution < 1.29 is 9.53 Å². The third-order valence-electron chi connectivity index (χ3n) is 2.08. The molecule has 1 aromatic rings. The lowest BCUT2D eigenvalue weighted by Crippen LogP contribution is -2.08. The molecule has 0 spiro atoms. The number of hydrogen-bond acceptors (Lipinski definition) is 3. The van der Waals surface area contributed by atoms with Gasteiger partial charge in [-0.15, -0.1) is 0 Å². The Bertz CT molecular complexity index is 377. The summed E-state index contributed by atoms with van der Waals surface area (Å²) < 4.78 is 5.76. The first kappa shape index (κ1) is 12.0. The van der Waals surface area contributed by atoms with Gasteiger partial charge in [0.2, 0.25) is 0 Å². The molecule has 15 heavy (non-hydrogen) atoms. The van der Waals surface area contributed by atoms with E-state index in [0.29, 0.717) is 12.3 Å². The molecular formula is C11H14BrNO2. The highest BCUT2D eigenvalue weighted by molar-refractivity contribution is 9.10. The third kappa shape index (κ3) is 3.23. The number of benzene rings is 1. The Morgan fingerprint density at radius 2 is 2.20 bits per heavy atom. The minimum atomic E-state index is -0.235. The van der Waals surface area contributed by atoms with Crippen molar-refractivity contribution in [3.05, 3.63) is 27.7 Å². The lowest BCUT2D eigenvalue weighted by molar-refractivity contribution is -0.142. The minimum absolute atomic E-state index is 0.235. The number of nitrogen functional groups attached to an aromatic ring is 1. The van der Waals surface area contributed by atoms with E-state index in [1.165, 1.54) is 0 Å². The topological polar surface area (TPSA) is 52.3 Å². The van der Waals surface area contributed by atoms with Crippen LogP contribution in [0.1, 0.15) is 18.1 Å². The van der Waals surface area contributed by atoms with Gasteiger partial charge in [0.1, 0.15) is 0 Å². The van der Waals surface area contributed by atoms with Crippen molar-refractivity contribution in [3.63, 3.8) is 0 Å². The van der Waals surface area contributed by atoms with Crippen LogP contribution in [0.4, 0.5) is 5.69 Å². The van der Waals surface area contributed by atoms with Crippen LogP contribution in [0.3, 0.4) is 0 Å². The van der Waals surface area contributed by atoms with Gasteiger partial charge in [0.25, 0.3) is 0 Å². The molecule has 2 N–H and O–H groups in total. The van der Waals surface area contributed by atoms with Gasteiger partial charge in [0, 0.05) is 10.2 Å². The highest BCUT2D eigenvalue weighted by atomic mass is 79.9. The van der Waals surface area contributed by atoms with Crippen molar-refractivity contribution in [2.75, 3.05) is 12.3 Å². The molecule has 0 radical (unpaired) electrons. The summed E-state index contributed by atoms with van der Waals surface area (Å²) in [6, 6.07) is 3.71. The normalized spacial score (nSPS) is 10.1. The molecule has 0 unspecified atom stereocenters. The summed E-state index contributed by atoms with van der Waals surface area (Å²) in [7, 11) is 0. The van der Waals surface area contributed by atoms with E-state index in [1.54, 1.807) is 13.0 Å². The Morgan fingerprint density at radius 1 is 1.53 bits per heavy atom. The SMILES string of the molecule is CCOC(=O)Cc1cc(N)c(C)cc1Br. The lowest BCUT2D eigenvalue weighted by atomic mass is 10.1. The minimum Gasteiger partial charge on any atom is -0.466 e. The first-order valence-electron chi connectivity index (χ1n) is 4.74. The molecule has 0 heterocycles. The zero-order chi connectivity index (χ0) is 11.4. The molecule has 0 aliphatic heterocycles. The van der Waals surface area contributed by atoms with E-state index < -0.39 is 0 Å². The van der Waals surface area contributed by atoms with Gasteiger partial charge in [-0.25, -0.2) is 0 Å². The van der Waals surface area contributed by atoms with Gasteiger partial charge in [-0.1, -0.05) is 15.9 Å². The van der Waals surface area contributed by atoms with Crippen LogP contribution >= 0.6 is 15.9 Å². The zero-order valence-electron chi connectivity index (χ0n) is 8.84. The maximum Gasteiger partial charge on any atom is 0.310 e. The van der Waals surface area contributed by atoms with E-state index in [-0.39, 0.29) is 12.4 Å². The summed E-state index contributed by atoms with van der Waals surface area (Å²) in [6.07, 6.45) is 0.249. The van der Waals surface area contributed by atoms with Gasteiger partial charge in [-0.3, -0.25) is 4.79 Å². The lowest BCUT2D eigenvalue weighted by Gasteiger charge is -2.07. The average molecular weight is 272 g/mol. The molecule has 0 atom stereocenters. The largest absolute Gasteiger partial charge is 0.466 e. The number of rotatable bonds is 3. The second kappa shape index (κ2) is 5.16. The first-order chi connectivity index (χ1) is 7.04. The molecule has 82 valence electrons. The number of anilines is 1. The fourth-order valence-corrected chi connectivity index (χ4v) is 1.84. The molecule has 0 saturated heterocycles. The fraction of sp³-hybridized carbons (Fsp3) is 0.364. The second-order valence-corrected chi connectivity index (χ2v) is 4.14. The number of hydrogen-bond donors (Lipinski definition) is 1. The van der Waals surface area contributed by atoms with Crippen molar-refractivity contribution >= 4 is 27.6 Å². The van der Waals surface area contributed by atoms with E-state index in [1.807, 2.05) is 13.0 Å². The van der Waals surface area contributed by atoms with Crippen LogP contribution in [0.5, 0.6) is 0 Å². The van der Waals surface area contributed by atoms with Crippen LogP contribution in [-0.4, -0.2) is 12.6 Å². The third-order valence-corrected chi connectivity index (χ3v) is 2.81. The Kier molecular flexibility index (Phi) is 4.15. The number of aryl methyl sites for hydroxylation is 1. The van der Waals surface area contributed by atoms with E-state index >= 15 is 0 Å². The summed E-state index contributed by atoms with van der Waals surface area (Å²) in [5.74, 6) is -0.235. The van der Waals surface area contributed by atoms with E-state index in [9.17, 15) is 4.79 Å². The highest BCUT2D eigenvalue weighted by Gasteiger charge is 2.09. The Morgan fingerprint density at radius 3 is 2.80 bits per heavy atom. The number of ether oxygens (including phenoxy) is 1. The molecule has 0 aliphatic rings. The van der Waals surface area contributed by atoms with Gasteiger partial charge in [0.05, 0.1) is 13.0 Å². The van der Waals surface area contributed by atoms with Crippen LogP contribution in [0.25, 0.3) is 0 Å². The molecule has 0 fully saturated rings.